The van der Waals surface area contributed by atoms with Gasteiger partial charge in [0.05, 0.1) is 16.9 Å². The molecule has 1 aromatic rings. The van der Waals surface area contributed by atoms with Crippen molar-refractivity contribution in [3.63, 3.8) is 0 Å². The number of anilines is 1. The third kappa shape index (κ3) is 3.59. The second-order valence-electron chi connectivity index (χ2n) is 3.28. The summed E-state index contributed by atoms with van der Waals surface area (Å²) in [5.41, 5.74) is 1.32. The lowest BCUT2D eigenvalue weighted by molar-refractivity contribution is -0.115. The van der Waals surface area contributed by atoms with E-state index in [-0.39, 0.29) is 11.2 Å². The van der Waals surface area contributed by atoms with E-state index >= 15 is 0 Å². The zero-order valence-electron chi connectivity index (χ0n) is 9.36. The number of nitrogens with zero attached hydrogens (tertiary/aromatic N) is 1. The Morgan fingerprint density at radius 2 is 2.12 bits per heavy atom. The number of nitriles is 1. The largest absolute Gasteiger partial charge is 0.325 e. The molecular weight excluding hydrogens is 220 g/mol. The zero-order chi connectivity index (χ0) is 12.0. The Bertz CT molecular complexity index is 394. The first-order valence-corrected chi connectivity index (χ1v) is 6.15. The Kier molecular flexibility index (Phi) is 4.87. The summed E-state index contributed by atoms with van der Waals surface area (Å²) in [6.45, 7) is 3.91. The maximum Gasteiger partial charge on any atom is 0.237 e. The Morgan fingerprint density at radius 1 is 1.50 bits per heavy atom. The van der Waals surface area contributed by atoms with Gasteiger partial charge in [-0.1, -0.05) is 6.92 Å². The molecule has 1 aromatic carbocycles. The van der Waals surface area contributed by atoms with Gasteiger partial charge in [0, 0.05) is 5.69 Å². The number of thioether (sulfide) groups is 1. The number of rotatable bonds is 4. The minimum atomic E-state index is -0.0550. The van der Waals surface area contributed by atoms with Crippen LogP contribution in [0.2, 0.25) is 0 Å². The lowest BCUT2D eigenvalue weighted by atomic mass is 10.2. The van der Waals surface area contributed by atoms with Gasteiger partial charge in [0.25, 0.3) is 0 Å². The smallest absolute Gasteiger partial charge is 0.237 e. The maximum atomic E-state index is 11.7. The van der Waals surface area contributed by atoms with Crippen molar-refractivity contribution in [1.29, 1.82) is 5.26 Å². The van der Waals surface area contributed by atoms with Gasteiger partial charge in [-0.25, -0.2) is 0 Å². The number of carbonyl (C=O) groups is 1. The van der Waals surface area contributed by atoms with E-state index in [9.17, 15) is 4.79 Å². The zero-order valence-corrected chi connectivity index (χ0v) is 10.2. The summed E-state index contributed by atoms with van der Waals surface area (Å²) >= 11 is 1.60. The van der Waals surface area contributed by atoms with Gasteiger partial charge in [-0.2, -0.15) is 5.26 Å². The van der Waals surface area contributed by atoms with Crippen LogP contribution in [-0.4, -0.2) is 16.9 Å². The van der Waals surface area contributed by atoms with Crippen LogP contribution in [0.5, 0.6) is 0 Å². The Balaban J connectivity index is 2.60. The summed E-state index contributed by atoms with van der Waals surface area (Å²) in [6, 6.07) is 8.88. The predicted octanol–water partition coefficient (Wildman–Crippen LogP) is 2.64. The highest BCUT2D eigenvalue weighted by molar-refractivity contribution is 8.00. The standard InChI is InChI=1S/C12H14N2OS/c1-3-16-9(2)12(15)14-11-6-4-10(8-13)5-7-11/h4-7,9H,3H2,1-2H3,(H,14,15). The fourth-order valence-corrected chi connectivity index (χ4v) is 1.91. The average Bonchev–Trinajstić information content (AvgIpc) is 2.30. The van der Waals surface area contributed by atoms with Gasteiger partial charge >= 0.3 is 0 Å². The van der Waals surface area contributed by atoms with Gasteiger partial charge in [0.15, 0.2) is 0 Å². The summed E-state index contributed by atoms with van der Waals surface area (Å²) in [6.07, 6.45) is 0. The van der Waals surface area contributed by atoms with E-state index < -0.39 is 0 Å². The Labute approximate surface area is 99.8 Å². The van der Waals surface area contributed by atoms with Crippen LogP contribution in [0.25, 0.3) is 0 Å². The molecule has 16 heavy (non-hydrogen) atoms. The summed E-state index contributed by atoms with van der Waals surface area (Å²) in [5, 5.41) is 11.4. The van der Waals surface area contributed by atoms with Crippen LogP contribution in [0, 0.1) is 11.3 Å². The molecule has 0 bridgehead atoms. The second kappa shape index (κ2) is 6.19. The van der Waals surface area contributed by atoms with Gasteiger partial charge in [0.1, 0.15) is 0 Å². The number of nitrogens with one attached hydrogen (secondary N) is 1. The van der Waals surface area contributed by atoms with E-state index in [0.29, 0.717) is 5.56 Å². The third-order valence-corrected chi connectivity index (χ3v) is 3.11. The van der Waals surface area contributed by atoms with Gasteiger partial charge in [-0.05, 0) is 36.9 Å². The molecule has 1 amide bonds. The molecule has 0 aromatic heterocycles. The molecule has 4 heteroatoms. The van der Waals surface area contributed by atoms with Crippen LogP contribution < -0.4 is 5.32 Å². The number of benzene rings is 1. The van der Waals surface area contributed by atoms with Crippen molar-refractivity contribution in [2.24, 2.45) is 0 Å². The molecule has 0 aliphatic carbocycles. The molecule has 1 atom stereocenters. The lowest BCUT2D eigenvalue weighted by Crippen LogP contribution is -2.22. The quantitative estimate of drug-likeness (QED) is 0.871. The predicted molar refractivity (Wildman–Crippen MR) is 67.4 cm³/mol. The SMILES string of the molecule is CCSC(C)C(=O)Nc1ccc(C#N)cc1. The molecule has 3 nitrogen and oxygen atoms in total. The van der Waals surface area contributed by atoms with Gasteiger partial charge in [0.2, 0.25) is 5.91 Å². The molecule has 1 N–H and O–H groups in total. The number of carbonyl (C=O) groups excluding carboxylic acids is 1. The van der Waals surface area contributed by atoms with E-state index in [0.717, 1.165) is 11.4 Å². The fourth-order valence-electron chi connectivity index (χ4n) is 1.20. The molecule has 0 saturated carbocycles. The minimum Gasteiger partial charge on any atom is -0.325 e. The molecule has 0 saturated heterocycles. The third-order valence-electron chi connectivity index (χ3n) is 2.07. The summed E-state index contributed by atoms with van der Waals surface area (Å²) in [5.74, 6) is 0.915. The van der Waals surface area contributed by atoms with Crippen molar-refractivity contribution in [2.45, 2.75) is 19.1 Å². The van der Waals surface area contributed by atoms with Crippen molar-refractivity contribution in [1.82, 2.24) is 0 Å². The maximum absolute atomic E-state index is 11.7. The van der Waals surface area contributed by atoms with E-state index in [4.69, 9.17) is 5.26 Å². The molecule has 1 rings (SSSR count). The second-order valence-corrected chi connectivity index (χ2v) is 4.89. The molecule has 84 valence electrons. The first kappa shape index (κ1) is 12.6. The first-order valence-electron chi connectivity index (χ1n) is 5.10. The Hall–Kier alpha value is -1.47. The van der Waals surface area contributed by atoms with Crippen molar-refractivity contribution in [3.8, 4) is 6.07 Å². The highest BCUT2D eigenvalue weighted by Crippen LogP contribution is 2.14. The van der Waals surface area contributed by atoms with Crippen LogP contribution >= 0.6 is 11.8 Å². The lowest BCUT2D eigenvalue weighted by Gasteiger charge is -2.10. The van der Waals surface area contributed by atoms with Crippen LogP contribution in [0.1, 0.15) is 19.4 Å². The van der Waals surface area contributed by atoms with Crippen molar-refractivity contribution < 1.29 is 4.79 Å². The summed E-state index contributed by atoms with van der Waals surface area (Å²) in [4.78, 5) is 11.7. The molecule has 0 aliphatic rings. The van der Waals surface area contributed by atoms with Gasteiger partial charge in [-0.3, -0.25) is 4.79 Å². The van der Waals surface area contributed by atoms with Crippen LogP contribution in [0.3, 0.4) is 0 Å². The van der Waals surface area contributed by atoms with Crippen molar-refractivity contribution in [2.75, 3.05) is 11.1 Å². The molecular formula is C12H14N2OS. The molecule has 1 unspecified atom stereocenters. The van der Waals surface area contributed by atoms with Crippen LogP contribution in [0.15, 0.2) is 24.3 Å². The highest BCUT2D eigenvalue weighted by atomic mass is 32.2. The van der Waals surface area contributed by atoms with Crippen molar-refractivity contribution >= 4 is 23.4 Å². The van der Waals surface area contributed by atoms with E-state index in [2.05, 4.69) is 5.32 Å². The normalized spacial score (nSPS) is 11.6. The summed E-state index contributed by atoms with van der Waals surface area (Å²) < 4.78 is 0. The highest BCUT2D eigenvalue weighted by Gasteiger charge is 2.11. The number of hydrogen-bond donors (Lipinski definition) is 1. The molecule has 0 radical (unpaired) electrons. The summed E-state index contributed by atoms with van der Waals surface area (Å²) in [7, 11) is 0. The molecule has 0 aliphatic heterocycles. The van der Waals surface area contributed by atoms with E-state index in [1.54, 1.807) is 36.0 Å². The molecule has 0 fully saturated rings. The van der Waals surface area contributed by atoms with Gasteiger partial charge in [-0.15, -0.1) is 11.8 Å². The monoisotopic (exact) mass is 234 g/mol. The van der Waals surface area contributed by atoms with Crippen molar-refractivity contribution in [3.05, 3.63) is 29.8 Å². The van der Waals surface area contributed by atoms with E-state index in [1.807, 2.05) is 19.9 Å². The van der Waals surface area contributed by atoms with E-state index in [1.165, 1.54) is 0 Å². The fraction of sp³-hybridized carbons (Fsp3) is 0.333. The van der Waals surface area contributed by atoms with Gasteiger partial charge < -0.3 is 5.32 Å². The first-order chi connectivity index (χ1) is 7.67. The Morgan fingerprint density at radius 3 is 2.62 bits per heavy atom. The minimum absolute atomic E-state index is 0.00319. The topological polar surface area (TPSA) is 52.9 Å². The van der Waals surface area contributed by atoms with Crippen LogP contribution in [-0.2, 0) is 4.79 Å². The molecule has 0 spiro atoms. The van der Waals surface area contributed by atoms with Crippen LogP contribution in [0.4, 0.5) is 5.69 Å². The molecule has 0 heterocycles. The number of amides is 1. The average molecular weight is 234 g/mol. The number of hydrogen-bond acceptors (Lipinski definition) is 3.